The van der Waals surface area contributed by atoms with Gasteiger partial charge in [-0.05, 0) is 92.2 Å². The van der Waals surface area contributed by atoms with E-state index in [-0.39, 0.29) is 0 Å². The normalized spacial score (nSPS) is 11.3. The molecule has 0 saturated carbocycles. The highest BCUT2D eigenvalue weighted by Gasteiger charge is 2.19. The van der Waals surface area contributed by atoms with Crippen molar-refractivity contribution in [2.45, 2.75) is 0 Å². The Morgan fingerprint density at radius 2 is 0.778 bits per heavy atom. The second kappa shape index (κ2) is 13.7. The monoisotopic (exact) mass is 705 g/mol. The Morgan fingerprint density at radius 3 is 1.56 bits per heavy atom. The van der Waals surface area contributed by atoms with Gasteiger partial charge < -0.3 is 4.90 Å². The quantitative estimate of drug-likeness (QED) is 0.160. The maximum atomic E-state index is 2.40. The highest BCUT2D eigenvalue weighted by molar-refractivity contribution is 7.25. The van der Waals surface area contributed by atoms with E-state index in [2.05, 4.69) is 217 Å². The van der Waals surface area contributed by atoms with Crippen molar-refractivity contribution in [1.82, 2.24) is 0 Å². The van der Waals surface area contributed by atoms with E-state index in [1.165, 1.54) is 75.5 Å². The van der Waals surface area contributed by atoms with Gasteiger partial charge in [-0.15, -0.1) is 11.3 Å². The van der Waals surface area contributed by atoms with Crippen LogP contribution in [0.3, 0.4) is 0 Å². The Labute approximate surface area is 319 Å². The molecule has 254 valence electrons. The Morgan fingerprint density at radius 1 is 0.296 bits per heavy atom. The van der Waals surface area contributed by atoms with E-state index in [1.54, 1.807) is 0 Å². The molecule has 10 aromatic rings. The highest BCUT2D eigenvalue weighted by Crippen LogP contribution is 2.44. The van der Waals surface area contributed by atoms with Crippen molar-refractivity contribution in [3.63, 3.8) is 0 Å². The zero-order valence-corrected chi connectivity index (χ0v) is 30.4. The topological polar surface area (TPSA) is 3.24 Å². The van der Waals surface area contributed by atoms with Gasteiger partial charge in [0.1, 0.15) is 0 Å². The van der Waals surface area contributed by atoms with Crippen molar-refractivity contribution in [2.24, 2.45) is 0 Å². The zero-order chi connectivity index (χ0) is 35.8. The summed E-state index contributed by atoms with van der Waals surface area (Å²) in [5, 5.41) is 5.16. The fraction of sp³-hybridized carbons (Fsp3) is 0. The predicted octanol–water partition coefficient (Wildman–Crippen LogP) is 15.3. The van der Waals surface area contributed by atoms with Crippen LogP contribution in [0.2, 0.25) is 0 Å². The number of rotatable bonds is 7. The molecule has 0 aliphatic rings. The fourth-order valence-electron chi connectivity index (χ4n) is 7.89. The summed E-state index contributed by atoms with van der Waals surface area (Å²) < 4.78 is 2.64. The molecule has 1 heterocycles. The van der Waals surface area contributed by atoms with Gasteiger partial charge in [0, 0.05) is 37.1 Å². The Kier molecular flexibility index (Phi) is 8.09. The van der Waals surface area contributed by atoms with E-state index in [4.69, 9.17) is 0 Å². The molecule has 0 aliphatic carbocycles. The van der Waals surface area contributed by atoms with Crippen molar-refractivity contribution in [3.05, 3.63) is 212 Å². The van der Waals surface area contributed by atoms with Crippen LogP contribution in [0.1, 0.15) is 0 Å². The van der Waals surface area contributed by atoms with Crippen molar-refractivity contribution < 1.29 is 0 Å². The van der Waals surface area contributed by atoms with E-state index in [9.17, 15) is 0 Å². The van der Waals surface area contributed by atoms with Gasteiger partial charge in [-0.25, -0.2) is 0 Å². The molecule has 10 rings (SSSR count). The lowest BCUT2D eigenvalue weighted by molar-refractivity contribution is 1.28. The average molecular weight is 706 g/mol. The molecule has 0 atom stereocenters. The largest absolute Gasteiger partial charge is 0.310 e. The summed E-state index contributed by atoms with van der Waals surface area (Å²) in [5.41, 5.74) is 13.0. The molecule has 2 heteroatoms. The third kappa shape index (κ3) is 5.74. The van der Waals surface area contributed by atoms with Crippen LogP contribution < -0.4 is 4.90 Å². The second-order valence-electron chi connectivity index (χ2n) is 13.7. The lowest BCUT2D eigenvalue weighted by Gasteiger charge is -2.28. The minimum Gasteiger partial charge on any atom is -0.310 e. The third-order valence-corrected chi connectivity index (χ3v) is 11.6. The first-order chi connectivity index (χ1) is 26.8. The molecule has 0 aliphatic heterocycles. The van der Waals surface area contributed by atoms with Gasteiger partial charge in [0.2, 0.25) is 0 Å². The number of hydrogen-bond acceptors (Lipinski definition) is 2. The number of fused-ring (bicyclic) bond motifs is 4. The summed E-state index contributed by atoms with van der Waals surface area (Å²) in [6, 6.07) is 77.1. The maximum Gasteiger partial charge on any atom is 0.0540 e. The molecule has 54 heavy (non-hydrogen) atoms. The number of thiophene rings is 1. The van der Waals surface area contributed by atoms with Gasteiger partial charge in [-0.1, -0.05) is 170 Å². The van der Waals surface area contributed by atoms with E-state index < -0.39 is 0 Å². The first-order valence-corrected chi connectivity index (χ1v) is 19.2. The zero-order valence-electron chi connectivity index (χ0n) is 29.6. The van der Waals surface area contributed by atoms with E-state index >= 15 is 0 Å². The van der Waals surface area contributed by atoms with Crippen molar-refractivity contribution in [3.8, 4) is 44.5 Å². The summed E-state index contributed by atoms with van der Waals surface area (Å²) in [7, 11) is 0. The Hall–Kier alpha value is -6.74. The van der Waals surface area contributed by atoms with Crippen LogP contribution >= 0.6 is 11.3 Å². The Balaban J connectivity index is 1.09. The van der Waals surface area contributed by atoms with Gasteiger partial charge in [-0.3, -0.25) is 0 Å². The maximum absolute atomic E-state index is 2.40. The highest BCUT2D eigenvalue weighted by atomic mass is 32.1. The van der Waals surface area contributed by atoms with Gasteiger partial charge >= 0.3 is 0 Å². The first-order valence-electron chi connectivity index (χ1n) is 18.4. The molecular weight excluding hydrogens is 671 g/mol. The van der Waals surface area contributed by atoms with Crippen LogP contribution in [0, 0.1) is 0 Å². The number of nitrogens with zero attached hydrogens (tertiary/aromatic N) is 1. The lowest BCUT2D eigenvalue weighted by Crippen LogP contribution is -2.11. The number of benzene rings is 9. The lowest BCUT2D eigenvalue weighted by atomic mass is 9.96. The third-order valence-electron chi connectivity index (χ3n) is 10.5. The van der Waals surface area contributed by atoms with Crippen LogP contribution in [-0.4, -0.2) is 0 Å². The van der Waals surface area contributed by atoms with Crippen molar-refractivity contribution in [2.75, 3.05) is 4.90 Å². The SMILES string of the molecule is c1ccc(-c2ccc(-c3ccccc3N(c3ccc(-c4cccc5ccccc45)cc3)c3ccc(-c4cccc5sc6ccccc6c45)cc3)cc2)cc1. The molecule has 0 fully saturated rings. The molecule has 0 N–H and O–H groups in total. The van der Waals surface area contributed by atoms with Gasteiger partial charge in [-0.2, -0.15) is 0 Å². The minimum atomic E-state index is 1.10. The second-order valence-corrected chi connectivity index (χ2v) is 14.8. The van der Waals surface area contributed by atoms with Crippen LogP contribution in [-0.2, 0) is 0 Å². The van der Waals surface area contributed by atoms with E-state index in [0.29, 0.717) is 0 Å². The minimum absolute atomic E-state index is 1.10. The number of hydrogen-bond donors (Lipinski definition) is 0. The van der Waals surface area contributed by atoms with Gasteiger partial charge in [0.25, 0.3) is 0 Å². The van der Waals surface area contributed by atoms with Crippen LogP contribution in [0.4, 0.5) is 17.1 Å². The number of para-hydroxylation sites is 1. The molecule has 0 unspecified atom stereocenters. The summed E-state index contributed by atoms with van der Waals surface area (Å²) in [6.45, 7) is 0. The summed E-state index contributed by atoms with van der Waals surface area (Å²) in [4.78, 5) is 2.40. The molecule has 0 saturated heterocycles. The molecule has 0 amide bonds. The van der Waals surface area contributed by atoms with E-state index in [0.717, 1.165) is 17.1 Å². The molecular formula is C52H35NS. The molecule has 1 aromatic heterocycles. The van der Waals surface area contributed by atoms with Crippen LogP contribution in [0.5, 0.6) is 0 Å². The predicted molar refractivity (Wildman–Crippen MR) is 233 cm³/mol. The van der Waals surface area contributed by atoms with Crippen LogP contribution in [0.15, 0.2) is 212 Å². The summed E-state index contributed by atoms with van der Waals surface area (Å²) in [5.74, 6) is 0. The summed E-state index contributed by atoms with van der Waals surface area (Å²) >= 11 is 1.86. The van der Waals surface area contributed by atoms with Crippen molar-refractivity contribution >= 4 is 59.3 Å². The molecule has 0 bridgehead atoms. The molecule has 0 spiro atoms. The molecule has 9 aromatic carbocycles. The van der Waals surface area contributed by atoms with Gasteiger partial charge in [0.15, 0.2) is 0 Å². The average Bonchev–Trinajstić information content (AvgIpc) is 3.64. The fourth-order valence-corrected chi connectivity index (χ4v) is 9.02. The first kappa shape index (κ1) is 32.0. The standard InChI is InChI=1S/C52H35NS/c1-2-12-36(13-3-1)37-24-26-40(27-25-37)46-17-6-8-21-49(46)53(42-32-28-39(29-33-42)45-19-10-15-38-14-4-5-16-44(38)45)43-34-30-41(31-35-43)47-20-11-23-51-52(47)48-18-7-9-22-50(48)54-51/h1-35H. The van der Waals surface area contributed by atoms with E-state index in [1.807, 2.05) is 11.3 Å². The molecule has 0 radical (unpaired) electrons. The van der Waals surface area contributed by atoms with Gasteiger partial charge in [0.05, 0.1) is 5.69 Å². The number of anilines is 3. The Bertz CT molecular complexity index is 2900. The summed E-state index contributed by atoms with van der Waals surface area (Å²) in [6.07, 6.45) is 0. The van der Waals surface area contributed by atoms with Crippen LogP contribution in [0.25, 0.3) is 75.5 Å². The smallest absolute Gasteiger partial charge is 0.0540 e. The van der Waals surface area contributed by atoms with Crippen molar-refractivity contribution in [1.29, 1.82) is 0 Å². The molecule has 1 nitrogen and oxygen atoms in total.